The molecule has 0 amide bonds. The quantitative estimate of drug-likeness (QED) is 0.645. The molecule has 0 radical (unpaired) electrons. The summed E-state index contributed by atoms with van der Waals surface area (Å²) in [5.41, 5.74) is 0. The van der Waals surface area contributed by atoms with Crippen LogP contribution in [0.2, 0.25) is 18.1 Å². The van der Waals surface area contributed by atoms with Crippen LogP contribution < -0.4 is 0 Å². The smallest absolute Gasteiger partial charge is 0.192 e. The Bertz CT molecular complexity index is 210. The Morgan fingerprint density at radius 2 is 1.67 bits per heavy atom. The minimum absolute atomic E-state index is 0.125. The summed E-state index contributed by atoms with van der Waals surface area (Å²) in [6, 6.07) is 0. The van der Waals surface area contributed by atoms with Crippen molar-refractivity contribution < 1.29 is 8.82 Å². The molecule has 2 atom stereocenters. The lowest BCUT2D eigenvalue weighted by Crippen LogP contribution is -2.47. The van der Waals surface area contributed by atoms with Crippen LogP contribution >= 0.6 is 0 Å². The van der Waals surface area contributed by atoms with Crippen LogP contribution in [0, 0.1) is 0 Å². The second-order valence-corrected chi connectivity index (χ2v) is 11.0. The zero-order valence-electron chi connectivity index (χ0n) is 10.8. The molecule has 2 unspecified atom stereocenters. The largest absolute Gasteiger partial charge is 0.411 e. The van der Waals surface area contributed by atoms with Crippen LogP contribution in [0.5, 0.6) is 0 Å². The Balaban J connectivity index is 2.59. The second kappa shape index (κ2) is 4.54. The molecular weight excluding hydrogens is 207 g/mol. The summed E-state index contributed by atoms with van der Waals surface area (Å²) in [7, 11) is -1.77. The van der Waals surface area contributed by atoms with Gasteiger partial charge in [0.1, 0.15) is 6.17 Å². The molecule has 3 heteroatoms. The van der Waals surface area contributed by atoms with Gasteiger partial charge in [-0.2, -0.15) is 0 Å². The van der Waals surface area contributed by atoms with Crippen LogP contribution in [0.4, 0.5) is 4.39 Å². The Labute approximate surface area is 94.5 Å². The molecule has 0 N–H and O–H groups in total. The van der Waals surface area contributed by atoms with Crippen molar-refractivity contribution in [2.45, 2.75) is 76.9 Å². The van der Waals surface area contributed by atoms with E-state index in [0.29, 0.717) is 6.42 Å². The van der Waals surface area contributed by atoms with E-state index in [4.69, 9.17) is 4.43 Å². The highest BCUT2D eigenvalue weighted by Crippen LogP contribution is 2.39. The number of hydrogen-bond donors (Lipinski definition) is 0. The lowest BCUT2D eigenvalue weighted by Gasteiger charge is -2.41. The van der Waals surface area contributed by atoms with Gasteiger partial charge in [-0.15, -0.1) is 0 Å². The maximum absolute atomic E-state index is 13.7. The van der Waals surface area contributed by atoms with E-state index in [1.807, 2.05) is 0 Å². The Hall–Kier alpha value is 0.107. The van der Waals surface area contributed by atoms with Gasteiger partial charge in [0.2, 0.25) is 0 Å². The molecule has 0 saturated heterocycles. The zero-order chi connectivity index (χ0) is 11.7. The van der Waals surface area contributed by atoms with Gasteiger partial charge in [0.05, 0.1) is 6.10 Å². The highest BCUT2D eigenvalue weighted by molar-refractivity contribution is 6.74. The van der Waals surface area contributed by atoms with Crippen molar-refractivity contribution in [2.75, 3.05) is 0 Å². The molecule has 1 nitrogen and oxygen atoms in total. The molecule has 15 heavy (non-hydrogen) atoms. The summed E-state index contributed by atoms with van der Waals surface area (Å²) in [5.74, 6) is 0. The SMILES string of the molecule is CC(C)(C)[Si](C)(C)OC1CCCCC1F. The van der Waals surface area contributed by atoms with Crippen molar-refractivity contribution in [3.8, 4) is 0 Å². The normalized spacial score (nSPS) is 29.2. The number of halogens is 1. The van der Waals surface area contributed by atoms with Crippen molar-refractivity contribution in [1.29, 1.82) is 0 Å². The maximum Gasteiger partial charge on any atom is 0.192 e. The number of rotatable bonds is 2. The molecule has 90 valence electrons. The predicted octanol–water partition coefficient (Wildman–Crippen LogP) is 4.29. The average Bonchev–Trinajstić information content (AvgIpc) is 2.06. The highest BCUT2D eigenvalue weighted by atomic mass is 28.4. The van der Waals surface area contributed by atoms with Crippen LogP contribution in [0.25, 0.3) is 0 Å². The zero-order valence-corrected chi connectivity index (χ0v) is 11.8. The van der Waals surface area contributed by atoms with Crippen LogP contribution in [0.1, 0.15) is 46.5 Å². The van der Waals surface area contributed by atoms with Gasteiger partial charge < -0.3 is 4.43 Å². The van der Waals surface area contributed by atoms with E-state index in [2.05, 4.69) is 33.9 Å². The first kappa shape index (κ1) is 13.2. The molecule has 0 aromatic heterocycles. The van der Waals surface area contributed by atoms with E-state index in [0.717, 1.165) is 19.3 Å². The fourth-order valence-electron chi connectivity index (χ4n) is 1.74. The monoisotopic (exact) mass is 232 g/mol. The first-order chi connectivity index (χ1) is 6.74. The molecule has 1 fully saturated rings. The Morgan fingerprint density at radius 1 is 1.13 bits per heavy atom. The maximum atomic E-state index is 13.7. The highest BCUT2D eigenvalue weighted by Gasteiger charge is 2.41. The van der Waals surface area contributed by atoms with Gasteiger partial charge >= 0.3 is 0 Å². The number of alkyl halides is 1. The van der Waals surface area contributed by atoms with Gasteiger partial charge in [-0.25, -0.2) is 4.39 Å². The third-order valence-corrected chi connectivity index (χ3v) is 8.38. The van der Waals surface area contributed by atoms with E-state index in [-0.39, 0.29) is 11.1 Å². The third kappa shape index (κ3) is 3.28. The molecule has 0 bridgehead atoms. The molecule has 0 aliphatic heterocycles. The molecule has 1 aliphatic rings. The van der Waals surface area contributed by atoms with Crippen LogP contribution in [-0.2, 0) is 4.43 Å². The molecule has 0 spiro atoms. The molecule has 1 saturated carbocycles. The average molecular weight is 232 g/mol. The van der Waals surface area contributed by atoms with Crippen molar-refractivity contribution in [2.24, 2.45) is 0 Å². The van der Waals surface area contributed by atoms with Crippen LogP contribution in [-0.4, -0.2) is 20.6 Å². The van der Waals surface area contributed by atoms with Crippen LogP contribution in [0.3, 0.4) is 0 Å². The van der Waals surface area contributed by atoms with Crippen molar-refractivity contribution in [1.82, 2.24) is 0 Å². The van der Waals surface area contributed by atoms with Crippen LogP contribution in [0.15, 0.2) is 0 Å². The van der Waals surface area contributed by atoms with Gasteiger partial charge in [-0.1, -0.05) is 33.6 Å². The van der Waals surface area contributed by atoms with Gasteiger partial charge in [-0.05, 0) is 31.0 Å². The van der Waals surface area contributed by atoms with E-state index in [9.17, 15) is 4.39 Å². The summed E-state index contributed by atoms with van der Waals surface area (Å²) in [6.07, 6.45) is 2.90. The summed E-state index contributed by atoms with van der Waals surface area (Å²) in [6.45, 7) is 11.0. The Kier molecular flexibility index (Phi) is 3.99. The minimum atomic E-state index is -1.77. The van der Waals surface area contributed by atoms with Gasteiger partial charge in [0.15, 0.2) is 8.32 Å². The van der Waals surface area contributed by atoms with E-state index in [1.165, 1.54) is 0 Å². The standard InChI is InChI=1S/C12H25FOSi/c1-12(2,3)15(4,5)14-11-9-7-6-8-10(11)13/h10-11H,6-9H2,1-5H3. The van der Waals surface area contributed by atoms with E-state index < -0.39 is 14.5 Å². The lowest BCUT2D eigenvalue weighted by molar-refractivity contribution is 0.0528. The van der Waals surface area contributed by atoms with Crippen molar-refractivity contribution in [3.05, 3.63) is 0 Å². The number of hydrogen-bond acceptors (Lipinski definition) is 1. The van der Waals surface area contributed by atoms with Gasteiger partial charge in [0.25, 0.3) is 0 Å². The van der Waals surface area contributed by atoms with Crippen molar-refractivity contribution >= 4 is 8.32 Å². The third-order valence-electron chi connectivity index (χ3n) is 3.87. The topological polar surface area (TPSA) is 9.23 Å². The first-order valence-electron chi connectivity index (χ1n) is 6.06. The molecule has 1 rings (SSSR count). The van der Waals surface area contributed by atoms with Gasteiger partial charge in [0, 0.05) is 0 Å². The fraction of sp³-hybridized carbons (Fsp3) is 1.00. The van der Waals surface area contributed by atoms with E-state index >= 15 is 0 Å². The molecular formula is C12H25FOSi. The molecule has 0 heterocycles. The fourth-order valence-corrected chi connectivity index (χ4v) is 3.12. The molecule has 0 aromatic rings. The predicted molar refractivity (Wildman–Crippen MR) is 65.4 cm³/mol. The summed E-state index contributed by atoms with van der Waals surface area (Å²) < 4.78 is 19.8. The summed E-state index contributed by atoms with van der Waals surface area (Å²) in [4.78, 5) is 0. The molecule has 1 aliphatic carbocycles. The molecule has 0 aromatic carbocycles. The summed E-state index contributed by atoms with van der Waals surface area (Å²) in [5, 5.41) is 0.185. The van der Waals surface area contributed by atoms with Crippen molar-refractivity contribution in [3.63, 3.8) is 0 Å². The Morgan fingerprint density at radius 3 is 2.13 bits per heavy atom. The lowest BCUT2D eigenvalue weighted by atomic mass is 9.96. The minimum Gasteiger partial charge on any atom is -0.411 e. The summed E-state index contributed by atoms with van der Waals surface area (Å²) >= 11 is 0. The van der Waals surface area contributed by atoms with E-state index in [1.54, 1.807) is 0 Å². The first-order valence-corrected chi connectivity index (χ1v) is 8.97. The second-order valence-electron chi connectivity index (χ2n) is 6.22. The van der Waals surface area contributed by atoms with Gasteiger partial charge in [-0.3, -0.25) is 0 Å².